The third kappa shape index (κ3) is 4.36. The minimum absolute atomic E-state index is 0.0819. The maximum absolute atomic E-state index is 13.7. The topological polar surface area (TPSA) is 45.7 Å². The van der Waals surface area contributed by atoms with Crippen LogP contribution in [0.3, 0.4) is 0 Å². The van der Waals surface area contributed by atoms with Gasteiger partial charge in [-0.1, -0.05) is 6.92 Å². The monoisotopic (exact) mass is 349 g/mol. The fourth-order valence-electron chi connectivity index (χ4n) is 3.96. The number of hydrogen-bond acceptors (Lipinski definition) is 4. The van der Waals surface area contributed by atoms with E-state index in [1.807, 2.05) is 18.7 Å². The summed E-state index contributed by atoms with van der Waals surface area (Å²) in [6.45, 7) is 7.98. The average Bonchev–Trinajstić information content (AvgIpc) is 2.61. The van der Waals surface area contributed by atoms with E-state index in [1.54, 1.807) is 12.3 Å². The largest absolute Gasteiger partial charge is 0.368 e. The SMILES string of the molecule is CCC(=O)N1CC(C)OC2(CCN(CCc3ncccc3F)CC2)C1. The maximum atomic E-state index is 13.7. The Balaban J connectivity index is 1.54. The van der Waals surface area contributed by atoms with E-state index in [2.05, 4.69) is 9.88 Å². The van der Waals surface area contributed by atoms with Gasteiger partial charge in [0, 0.05) is 51.8 Å². The number of ether oxygens (including phenoxy) is 1. The molecule has 2 aliphatic rings. The fourth-order valence-corrected chi connectivity index (χ4v) is 3.96. The number of nitrogens with zero attached hydrogens (tertiary/aromatic N) is 3. The van der Waals surface area contributed by atoms with Crippen LogP contribution < -0.4 is 0 Å². The van der Waals surface area contributed by atoms with E-state index in [4.69, 9.17) is 4.74 Å². The minimum atomic E-state index is -0.228. The highest BCUT2D eigenvalue weighted by Gasteiger charge is 2.42. The molecule has 1 spiro atoms. The van der Waals surface area contributed by atoms with E-state index in [0.29, 0.717) is 31.6 Å². The number of halogens is 1. The molecular weight excluding hydrogens is 321 g/mol. The zero-order valence-electron chi connectivity index (χ0n) is 15.2. The number of hydrogen-bond donors (Lipinski definition) is 0. The predicted molar refractivity (Wildman–Crippen MR) is 93.7 cm³/mol. The first kappa shape index (κ1) is 18.3. The van der Waals surface area contributed by atoms with E-state index >= 15 is 0 Å². The number of carbonyl (C=O) groups is 1. The van der Waals surface area contributed by atoms with E-state index in [9.17, 15) is 9.18 Å². The van der Waals surface area contributed by atoms with Crippen molar-refractivity contribution in [1.82, 2.24) is 14.8 Å². The molecule has 0 aliphatic carbocycles. The van der Waals surface area contributed by atoms with E-state index in [-0.39, 0.29) is 23.4 Å². The second kappa shape index (κ2) is 7.79. The van der Waals surface area contributed by atoms with Gasteiger partial charge in [0.25, 0.3) is 0 Å². The van der Waals surface area contributed by atoms with Crippen LogP contribution >= 0.6 is 0 Å². The van der Waals surface area contributed by atoms with Gasteiger partial charge in [0.05, 0.1) is 17.4 Å². The van der Waals surface area contributed by atoms with Crippen molar-refractivity contribution < 1.29 is 13.9 Å². The Morgan fingerprint density at radius 1 is 1.44 bits per heavy atom. The number of rotatable bonds is 4. The van der Waals surface area contributed by atoms with Crippen molar-refractivity contribution >= 4 is 5.91 Å². The first-order chi connectivity index (χ1) is 12.0. The first-order valence-electron chi connectivity index (χ1n) is 9.29. The number of morpholine rings is 1. The molecular formula is C19H28FN3O2. The van der Waals surface area contributed by atoms with Gasteiger partial charge >= 0.3 is 0 Å². The van der Waals surface area contributed by atoms with Gasteiger partial charge in [-0.3, -0.25) is 9.78 Å². The van der Waals surface area contributed by atoms with Gasteiger partial charge in [-0.05, 0) is 31.9 Å². The van der Waals surface area contributed by atoms with Crippen molar-refractivity contribution in [3.8, 4) is 0 Å². The van der Waals surface area contributed by atoms with Gasteiger partial charge in [-0.15, -0.1) is 0 Å². The Bertz CT molecular complexity index is 602. The summed E-state index contributed by atoms with van der Waals surface area (Å²) >= 11 is 0. The summed E-state index contributed by atoms with van der Waals surface area (Å²) in [6, 6.07) is 3.08. The molecule has 0 N–H and O–H groups in total. The molecule has 0 saturated carbocycles. The van der Waals surface area contributed by atoms with Crippen LogP contribution in [0.25, 0.3) is 0 Å². The summed E-state index contributed by atoms with van der Waals surface area (Å²) in [7, 11) is 0. The molecule has 2 aliphatic heterocycles. The molecule has 1 amide bonds. The van der Waals surface area contributed by atoms with Crippen molar-refractivity contribution in [2.45, 2.75) is 51.2 Å². The van der Waals surface area contributed by atoms with Crippen LogP contribution in [0.1, 0.15) is 38.8 Å². The summed E-state index contributed by atoms with van der Waals surface area (Å²) in [4.78, 5) is 20.5. The van der Waals surface area contributed by atoms with Crippen molar-refractivity contribution in [2.24, 2.45) is 0 Å². The highest BCUT2D eigenvalue weighted by atomic mass is 19.1. The molecule has 2 saturated heterocycles. The van der Waals surface area contributed by atoms with E-state index < -0.39 is 0 Å². The Hall–Kier alpha value is -1.53. The quantitative estimate of drug-likeness (QED) is 0.836. The second-order valence-electron chi connectivity index (χ2n) is 7.26. The highest BCUT2D eigenvalue weighted by Crippen LogP contribution is 2.32. The Morgan fingerprint density at radius 3 is 2.88 bits per heavy atom. The smallest absolute Gasteiger partial charge is 0.222 e. The molecule has 1 aromatic heterocycles. The third-order valence-corrected chi connectivity index (χ3v) is 5.33. The maximum Gasteiger partial charge on any atom is 0.222 e. The Morgan fingerprint density at radius 2 is 2.20 bits per heavy atom. The predicted octanol–water partition coefficient (Wildman–Crippen LogP) is 2.26. The molecule has 1 unspecified atom stereocenters. The standard InChI is InChI=1S/C19H28FN3O2/c1-3-18(24)23-13-15(2)25-19(14-23)7-11-22(12-8-19)10-6-17-16(20)5-4-9-21-17/h4-5,9,15H,3,6-8,10-14H2,1-2H3. The lowest BCUT2D eigenvalue weighted by molar-refractivity contribution is -0.179. The second-order valence-corrected chi connectivity index (χ2v) is 7.26. The summed E-state index contributed by atoms with van der Waals surface area (Å²) in [5.41, 5.74) is 0.319. The van der Waals surface area contributed by atoms with Crippen molar-refractivity contribution in [1.29, 1.82) is 0 Å². The summed E-state index contributed by atoms with van der Waals surface area (Å²) in [5, 5.41) is 0. The van der Waals surface area contributed by atoms with Gasteiger partial charge in [0.2, 0.25) is 5.91 Å². The van der Waals surface area contributed by atoms with Crippen molar-refractivity contribution in [3.63, 3.8) is 0 Å². The zero-order valence-corrected chi connectivity index (χ0v) is 15.2. The van der Waals surface area contributed by atoms with Crippen LogP contribution in [0, 0.1) is 5.82 Å². The number of pyridine rings is 1. The zero-order chi connectivity index (χ0) is 17.9. The fraction of sp³-hybridized carbons (Fsp3) is 0.684. The molecule has 1 aromatic rings. The minimum Gasteiger partial charge on any atom is -0.368 e. The molecule has 0 aromatic carbocycles. The van der Waals surface area contributed by atoms with Gasteiger partial charge in [-0.25, -0.2) is 4.39 Å². The lowest BCUT2D eigenvalue weighted by atomic mass is 9.88. The van der Waals surface area contributed by atoms with Crippen LogP contribution in [-0.2, 0) is 16.0 Å². The highest BCUT2D eigenvalue weighted by molar-refractivity contribution is 5.76. The normalized spacial score (nSPS) is 23.8. The lowest BCUT2D eigenvalue weighted by Gasteiger charge is -2.49. The van der Waals surface area contributed by atoms with Crippen LogP contribution in [0.5, 0.6) is 0 Å². The van der Waals surface area contributed by atoms with Crippen molar-refractivity contribution in [3.05, 3.63) is 29.8 Å². The van der Waals surface area contributed by atoms with Gasteiger partial charge in [0.1, 0.15) is 5.82 Å². The molecule has 5 nitrogen and oxygen atoms in total. The van der Waals surface area contributed by atoms with Crippen molar-refractivity contribution in [2.75, 3.05) is 32.7 Å². The molecule has 0 radical (unpaired) electrons. The van der Waals surface area contributed by atoms with Crippen LogP contribution in [-0.4, -0.2) is 65.1 Å². The van der Waals surface area contributed by atoms with E-state index in [0.717, 1.165) is 32.5 Å². The molecule has 0 bridgehead atoms. The molecule has 6 heteroatoms. The summed E-state index contributed by atoms with van der Waals surface area (Å²) in [5.74, 6) is -0.0169. The Kier molecular flexibility index (Phi) is 5.69. The molecule has 3 heterocycles. The first-order valence-corrected chi connectivity index (χ1v) is 9.29. The summed E-state index contributed by atoms with van der Waals surface area (Å²) in [6.07, 6.45) is 4.71. The average molecular weight is 349 g/mol. The van der Waals surface area contributed by atoms with Crippen LogP contribution in [0.15, 0.2) is 18.3 Å². The number of piperidine rings is 1. The Labute approximate surface area is 149 Å². The van der Waals surface area contributed by atoms with Gasteiger partial charge in [0.15, 0.2) is 0 Å². The number of aromatic nitrogens is 1. The molecule has 2 fully saturated rings. The van der Waals surface area contributed by atoms with Gasteiger partial charge < -0.3 is 14.5 Å². The van der Waals surface area contributed by atoms with E-state index in [1.165, 1.54) is 6.07 Å². The lowest BCUT2D eigenvalue weighted by Crippen LogP contribution is -2.60. The molecule has 3 rings (SSSR count). The molecule has 138 valence electrons. The number of amides is 1. The number of carbonyl (C=O) groups excluding carboxylic acids is 1. The van der Waals surface area contributed by atoms with Crippen LogP contribution in [0.2, 0.25) is 0 Å². The molecule has 25 heavy (non-hydrogen) atoms. The van der Waals surface area contributed by atoms with Crippen LogP contribution in [0.4, 0.5) is 4.39 Å². The third-order valence-electron chi connectivity index (χ3n) is 5.33. The van der Waals surface area contributed by atoms with Gasteiger partial charge in [-0.2, -0.15) is 0 Å². The molecule has 1 atom stereocenters. The summed E-state index contributed by atoms with van der Waals surface area (Å²) < 4.78 is 20.0. The number of likely N-dealkylation sites (tertiary alicyclic amines) is 1.